The number of anilines is 2. The Morgan fingerprint density at radius 2 is 2.38 bits per heavy atom. The molecule has 1 saturated heterocycles. The number of pyridine rings is 1. The summed E-state index contributed by atoms with van der Waals surface area (Å²) >= 11 is 0. The van der Waals surface area contributed by atoms with E-state index in [1.165, 1.54) is 6.20 Å². The molecule has 0 aliphatic carbocycles. The third kappa shape index (κ3) is 2.40. The number of nitrogens with one attached hydrogen (secondary N) is 1. The van der Waals surface area contributed by atoms with Crippen LogP contribution in [0, 0.1) is 0 Å². The molecule has 0 saturated carbocycles. The van der Waals surface area contributed by atoms with Crippen molar-refractivity contribution in [2.45, 2.75) is 12.5 Å². The van der Waals surface area contributed by atoms with Gasteiger partial charge in [-0.05, 0) is 18.6 Å². The Kier molecular flexibility index (Phi) is 2.91. The number of carboxylic acid groups (broad SMARTS) is 1. The summed E-state index contributed by atoms with van der Waals surface area (Å²) in [4.78, 5) is 16.5. The normalized spacial score (nSPS) is 19.8. The van der Waals surface area contributed by atoms with E-state index in [0.29, 0.717) is 12.2 Å². The molecule has 1 amide bonds. The number of amides is 1. The zero-order chi connectivity index (χ0) is 11.5. The highest BCUT2D eigenvalue weighted by Crippen LogP contribution is 2.19. The predicted molar refractivity (Wildman–Crippen MR) is 58.7 cm³/mol. The number of hydrogen-bond donors (Lipinski definition) is 3. The Hall–Kier alpha value is -1.82. The van der Waals surface area contributed by atoms with Crippen LogP contribution in [0.4, 0.5) is 16.3 Å². The van der Waals surface area contributed by atoms with E-state index >= 15 is 0 Å². The Morgan fingerprint density at radius 3 is 2.88 bits per heavy atom. The van der Waals surface area contributed by atoms with Gasteiger partial charge in [-0.25, -0.2) is 9.78 Å². The summed E-state index contributed by atoms with van der Waals surface area (Å²) in [7, 11) is 0. The fourth-order valence-corrected chi connectivity index (χ4v) is 1.72. The minimum Gasteiger partial charge on any atom is -0.465 e. The summed E-state index contributed by atoms with van der Waals surface area (Å²) in [5, 5.41) is 20.1. The van der Waals surface area contributed by atoms with Gasteiger partial charge in [0.2, 0.25) is 0 Å². The van der Waals surface area contributed by atoms with Crippen molar-refractivity contribution < 1.29 is 15.0 Å². The molecule has 3 N–H and O–H groups in total. The van der Waals surface area contributed by atoms with Crippen LogP contribution >= 0.6 is 0 Å². The number of β-amino-alcohol motifs (C(OH)–C–C–N with tert-alkyl or cyclic N) is 1. The van der Waals surface area contributed by atoms with Crippen LogP contribution in [-0.4, -0.2) is 40.5 Å². The fraction of sp³-hybridized carbons (Fsp3) is 0.400. The van der Waals surface area contributed by atoms with Gasteiger partial charge in [0, 0.05) is 13.1 Å². The van der Waals surface area contributed by atoms with Crippen molar-refractivity contribution in [1.29, 1.82) is 0 Å². The third-order valence-corrected chi connectivity index (χ3v) is 2.49. The van der Waals surface area contributed by atoms with E-state index in [2.05, 4.69) is 10.3 Å². The number of nitrogens with zero attached hydrogens (tertiary/aromatic N) is 2. The van der Waals surface area contributed by atoms with Crippen LogP contribution in [0.2, 0.25) is 0 Å². The van der Waals surface area contributed by atoms with Gasteiger partial charge in [-0.2, -0.15) is 0 Å². The third-order valence-electron chi connectivity index (χ3n) is 2.49. The van der Waals surface area contributed by atoms with Crippen molar-refractivity contribution in [2.75, 3.05) is 23.3 Å². The number of aliphatic hydroxyl groups is 1. The zero-order valence-electron chi connectivity index (χ0n) is 8.63. The van der Waals surface area contributed by atoms with Crippen LogP contribution < -0.4 is 10.2 Å². The van der Waals surface area contributed by atoms with Crippen molar-refractivity contribution >= 4 is 17.6 Å². The summed E-state index contributed by atoms with van der Waals surface area (Å²) in [5.41, 5.74) is 0.441. The van der Waals surface area contributed by atoms with E-state index in [9.17, 15) is 9.90 Å². The van der Waals surface area contributed by atoms with E-state index < -0.39 is 6.09 Å². The van der Waals surface area contributed by atoms with Crippen LogP contribution in [0.3, 0.4) is 0 Å². The lowest BCUT2D eigenvalue weighted by molar-refractivity contribution is 0.198. The Bertz CT molecular complexity index is 379. The van der Waals surface area contributed by atoms with Gasteiger partial charge in [0.05, 0.1) is 18.0 Å². The predicted octanol–water partition coefficient (Wildman–Crippen LogP) is 0.743. The van der Waals surface area contributed by atoms with Crippen molar-refractivity contribution in [3.05, 3.63) is 18.3 Å². The standard InChI is InChI=1S/C10H13N3O3/c14-8-3-4-13(6-8)9-2-1-7(5-11-9)12-10(15)16/h1-2,5,8,12,14H,3-4,6H2,(H,15,16). The molecule has 2 rings (SSSR count). The molecule has 0 spiro atoms. The first-order valence-corrected chi connectivity index (χ1v) is 5.04. The summed E-state index contributed by atoms with van der Waals surface area (Å²) in [6.07, 6.45) is 0.815. The number of hydrogen-bond acceptors (Lipinski definition) is 4. The lowest BCUT2D eigenvalue weighted by Crippen LogP contribution is -2.22. The maximum absolute atomic E-state index is 10.4. The molecule has 16 heavy (non-hydrogen) atoms. The molecule has 1 fully saturated rings. The van der Waals surface area contributed by atoms with E-state index in [4.69, 9.17) is 5.11 Å². The van der Waals surface area contributed by atoms with Crippen LogP contribution in [0.25, 0.3) is 0 Å². The summed E-state index contributed by atoms with van der Waals surface area (Å²) in [6.45, 7) is 1.36. The zero-order valence-corrected chi connectivity index (χ0v) is 8.63. The van der Waals surface area contributed by atoms with Crippen LogP contribution in [0.5, 0.6) is 0 Å². The van der Waals surface area contributed by atoms with Gasteiger partial charge < -0.3 is 15.1 Å². The number of carbonyl (C=O) groups is 1. The topological polar surface area (TPSA) is 85.7 Å². The molecule has 1 atom stereocenters. The molecule has 1 unspecified atom stereocenters. The van der Waals surface area contributed by atoms with Gasteiger partial charge in [-0.15, -0.1) is 0 Å². The van der Waals surface area contributed by atoms with Crippen molar-refractivity contribution in [2.24, 2.45) is 0 Å². The molecule has 0 bridgehead atoms. The second-order valence-electron chi connectivity index (χ2n) is 3.72. The molecule has 0 aromatic carbocycles. The SMILES string of the molecule is O=C(O)Nc1ccc(N2CCC(O)C2)nc1. The minimum atomic E-state index is -1.11. The first kappa shape index (κ1) is 10.7. The van der Waals surface area contributed by atoms with Gasteiger partial charge in [0.1, 0.15) is 5.82 Å². The van der Waals surface area contributed by atoms with Crippen LogP contribution in [0.1, 0.15) is 6.42 Å². The van der Waals surface area contributed by atoms with Crippen LogP contribution in [-0.2, 0) is 0 Å². The van der Waals surface area contributed by atoms with Gasteiger partial charge >= 0.3 is 6.09 Å². The molecule has 6 nitrogen and oxygen atoms in total. The van der Waals surface area contributed by atoms with Crippen LogP contribution in [0.15, 0.2) is 18.3 Å². The number of aromatic nitrogens is 1. The smallest absolute Gasteiger partial charge is 0.409 e. The molecule has 1 aliphatic rings. The average Bonchev–Trinajstić information content (AvgIpc) is 2.65. The van der Waals surface area contributed by atoms with Gasteiger partial charge in [-0.3, -0.25) is 5.32 Å². The van der Waals surface area contributed by atoms with Gasteiger partial charge in [0.25, 0.3) is 0 Å². The highest BCUT2D eigenvalue weighted by atomic mass is 16.4. The van der Waals surface area contributed by atoms with Gasteiger partial charge in [0.15, 0.2) is 0 Å². The summed E-state index contributed by atoms with van der Waals surface area (Å²) < 4.78 is 0. The Balaban J connectivity index is 2.04. The summed E-state index contributed by atoms with van der Waals surface area (Å²) in [5.74, 6) is 0.757. The maximum atomic E-state index is 10.4. The first-order valence-electron chi connectivity index (χ1n) is 5.04. The largest absolute Gasteiger partial charge is 0.465 e. The molecule has 1 aliphatic heterocycles. The Labute approximate surface area is 92.5 Å². The highest BCUT2D eigenvalue weighted by molar-refractivity contribution is 5.82. The number of aliphatic hydroxyl groups excluding tert-OH is 1. The Morgan fingerprint density at radius 1 is 1.56 bits per heavy atom. The minimum absolute atomic E-state index is 0.293. The highest BCUT2D eigenvalue weighted by Gasteiger charge is 2.20. The lowest BCUT2D eigenvalue weighted by Gasteiger charge is -2.16. The summed E-state index contributed by atoms with van der Waals surface area (Å²) in [6, 6.07) is 3.39. The molecule has 6 heteroatoms. The molecule has 1 aromatic rings. The fourth-order valence-electron chi connectivity index (χ4n) is 1.72. The van der Waals surface area contributed by atoms with E-state index in [1.807, 2.05) is 4.90 Å². The quantitative estimate of drug-likeness (QED) is 0.688. The molecule has 0 radical (unpaired) electrons. The lowest BCUT2D eigenvalue weighted by atomic mass is 10.3. The second kappa shape index (κ2) is 4.36. The van der Waals surface area contributed by atoms with Gasteiger partial charge in [-0.1, -0.05) is 0 Å². The van der Waals surface area contributed by atoms with E-state index in [0.717, 1.165) is 18.8 Å². The first-order chi connectivity index (χ1) is 7.65. The number of rotatable bonds is 2. The second-order valence-corrected chi connectivity index (χ2v) is 3.72. The van der Waals surface area contributed by atoms with E-state index in [-0.39, 0.29) is 6.10 Å². The molecule has 2 heterocycles. The molecule has 86 valence electrons. The molecule has 1 aromatic heterocycles. The maximum Gasteiger partial charge on any atom is 0.409 e. The monoisotopic (exact) mass is 223 g/mol. The van der Waals surface area contributed by atoms with Crippen molar-refractivity contribution in [3.63, 3.8) is 0 Å². The molecular formula is C10H13N3O3. The van der Waals surface area contributed by atoms with Crippen molar-refractivity contribution in [3.8, 4) is 0 Å². The average molecular weight is 223 g/mol. The van der Waals surface area contributed by atoms with Crippen molar-refractivity contribution in [1.82, 2.24) is 4.98 Å². The molecular weight excluding hydrogens is 210 g/mol. The van der Waals surface area contributed by atoms with E-state index in [1.54, 1.807) is 12.1 Å².